The van der Waals surface area contributed by atoms with E-state index in [1.165, 1.54) is 12.0 Å². The Bertz CT molecular complexity index is 1870. The maximum absolute atomic E-state index is 14.5. The smallest absolute Gasteiger partial charge is 0.408 e. The lowest BCUT2D eigenvalue weighted by molar-refractivity contribution is -0.143. The van der Waals surface area contributed by atoms with Crippen LogP contribution in [0.25, 0.3) is 10.8 Å². The SMILES string of the molecule is CCC1(S(=O)(=O)NC(=O)[C@@]2(NC(=O)[C@@H]3C[C@@H](Oc4nc(Cl)cc5c(OC)cccc45)CN3C(=O)[C@@H](NC(=O)OC(C)(C)C)C(C)(C)C)C[C@H]2C)CC1. The van der Waals surface area contributed by atoms with Crippen LogP contribution in [0.4, 0.5) is 4.79 Å². The summed E-state index contributed by atoms with van der Waals surface area (Å²) in [5, 5.41) is 6.90. The van der Waals surface area contributed by atoms with E-state index in [4.69, 9.17) is 25.8 Å². The van der Waals surface area contributed by atoms with E-state index < -0.39 is 73.3 Å². The number of pyridine rings is 1. The first-order valence-corrected chi connectivity index (χ1v) is 19.4. The average Bonchev–Trinajstić information content (AvgIpc) is 3.92. The molecule has 52 heavy (non-hydrogen) atoms. The van der Waals surface area contributed by atoms with Crippen LogP contribution >= 0.6 is 11.6 Å². The van der Waals surface area contributed by atoms with E-state index in [0.717, 1.165) is 0 Å². The maximum atomic E-state index is 14.5. The van der Waals surface area contributed by atoms with E-state index in [1.807, 2.05) is 0 Å². The largest absolute Gasteiger partial charge is 0.496 e. The van der Waals surface area contributed by atoms with Gasteiger partial charge in [-0.2, -0.15) is 0 Å². The monoisotopic (exact) mass is 763 g/mol. The van der Waals surface area contributed by atoms with Gasteiger partial charge in [-0.1, -0.05) is 52.3 Å². The van der Waals surface area contributed by atoms with E-state index >= 15 is 0 Å². The topological polar surface area (TPSA) is 182 Å². The number of benzene rings is 1. The van der Waals surface area contributed by atoms with E-state index in [9.17, 15) is 27.6 Å². The summed E-state index contributed by atoms with van der Waals surface area (Å²) >= 11 is 6.38. The number of hydrogen-bond donors (Lipinski definition) is 3. The van der Waals surface area contributed by atoms with Crippen molar-refractivity contribution in [3.63, 3.8) is 0 Å². The summed E-state index contributed by atoms with van der Waals surface area (Å²) in [7, 11) is -2.45. The molecular weight excluding hydrogens is 714 g/mol. The lowest BCUT2D eigenvalue weighted by Crippen LogP contribution is -2.60. The Morgan fingerprint density at radius 1 is 1.10 bits per heavy atom. The predicted molar refractivity (Wildman–Crippen MR) is 194 cm³/mol. The number of rotatable bonds is 11. The molecule has 2 aromatic rings. The van der Waals surface area contributed by atoms with Crippen molar-refractivity contribution >= 4 is 56.2 Å². The second-order valence-corrected chi connectivity index (χ2v) is 18.7. The molecule has 1 aliphatic heterocycles. The van der Waals surface area contributed by atoms with Crippen molar-refractivity contribution in [2.45, 2.75) is 122 Å². The number of sulfonamides is 1. The Labute approximate surface area is 310 Å². The number of methoxy groups -OCH3 is 1. The Hall–Kier alpha value is -3.85. The number of ether oxygens (including phenoxy) is 3. The van der Waals surface area contributed by atoms with Crippen LogP contribution in [-0.2, 0) is 29.1 Å². The summed E-state index contributed by atoms with van der Waals surface area (Å²) in [4.78, 5) is 61.0. The molecule has 1 aromatic carbocycles. The number of hydrogen-bond acceptors (Lipinski definition) is 10. The van der Waals surface area contributed by atoms with Crippen molar-refractivity contribution < 1.29 is 41.8 Å². The summed E-state index contributed by atoms with van der Waals surface area (Å²) in [6.07, 6.45) is -0.102. The molecule has 3 aliphatic rings. The summed E-state index contributed by atoms with van der Waals surface area (Å²) in [5.41, 5.74) is -3.14. The lowest BCUT2D eigenvalue weighted by atomic mass is 9.85. The Balaban J connectivity index is 1.46. The van der Waals surface area contributed by atoms with Crippen LogP contribution in [0.5, 0.6) is 11.6 Å². The Kier molecular flexibility index (Phi) is 10.5. The van der Waals surface area contributed by atoms with Crippen molar-refractivity contribution in [1.82, 2.24) is 25.2 Å². The minimum Gasteiger partial charge on any atom is -0.496 e. The molecule has 1 saturated heterocycles. The Morgan fingerprint density at radius 3 is 2.29 bits per heavy atom. The van der Waals surface area contributed by atoms with Crippen molar-refractivity contribution in [3.8, 4) is 11.6 Å². The molecule has 0 bridgehead atoms. The van der Waals surface area contributed by atoms with Gasteiger partial charge in [0.1, 0.15) is 40.2 Å². The highest BCUT2D eigenvalue weighted by Gasteiger charge is 2.62. The molecule has 286 valence electrons. The zero-order valence-corrected chi connectivity index (χ0v) is 32.8. The molecular formula is C36H50ClN5O9S. The van der Waals surface area contributed by atoms with E-state index in [-0.39, 0.29) is 36.3 Å². The van der Waals surface area contributed by atoms with Crippen LogP contribution < -0.4 is 24.8 Å². The number of amides is 4. The number of carbonyl (C=O) groups excluding carboxylic acids is 4. The molecule has 0 spiro atoms. The van der Waals surface area contributed by atoms with Gasteiger partial charge >= 0.3 is 6.09 Å². The fourth-order valence-electron chi connectivity index (χ4n) is 6.78. The van der Waals surface area contributed by atoms with E-state index in [2.05, 4.69) is 20.3 Å². The zero-order valence-electron chi connectivity index (χ0n) is 31.2. The fourth-order valence-corrected chi connectivity index (χ4v) is 8.62. The second kappa shape index (κ2) is 13.9. The molecule has 2 heterocycles. The summed E-state index contributed by atoms with van der Waals surface area (Å²) in [6, 6.07) is 4.68. The highest BCUT2D eigenvalue weighted by molar-refractivity contribution is 7.91. The summed E-state index contributed by atoms with van der Waals surface area (Å²) in [6.45, 7) is 13.9. The number of alkyl carbamates (subject to hydrolysis) is 1. The Morgan fingerprint density at radius 2 is 1.75 bits per heavy atom. The van der Waals surface area contributed by atoms with Crippen LogP contribution in [0.3, 0.4) is 0 Å². The molecule has 1 aromatic heterocycles. The van der Waals surface area contributed by atoms with Gasteiger partial charge in [0.15, 0.2) is 0 Å². The van der Waals surface area contributed by atoms with Gasteiger partial charge in [-0.25, -0.2) is 18.2 Å². The van der Waals surface area contributed by atoms with Crippen LogP contribution in [0.2, 0.25) is 5.15 Å². The molecule has 16 heteroatoms. The molecule has 14 nitrogen and oxygen atoms in total. The van der Waals surface area contributed by atoms with E-state index in [1.54, 1.807) is 79.7 Å². The van der Waals surface area contributed by atoms with Crippen LogP contribution in [0, 0.1) is 11.3 Å². The van der Waals surface area contributed by atoms with E-state index in [0.29, 0.717) is 35.8 Å². The third-order valence-electron chi connectivity index (χ3n) is 10.2. The number of nitrogens with zero attached hydrogens (tertiary/aromatic N) is 2. The maximum Gasteiger partial charge on any atom is 0.408 e. The van der Waals surface area contributed by atoms with Crippen LogP contribution in [-0.4, -0.2) is 89.8 Å². The van der Waals surface area contributed by atoms with Gasteiger partial charge in [0, 0.05) is 17.2 Å². The molecule has 4 amide bonds. The normalized spacial score (nSPS) is 24.4. The molecule has 0 radical (unpaired) electrons. The number of aromatic nitrogens is 1. The van der Waals surface area contributed by atoms with Crippen LogP contribution in [0.15, 0.2) is 24.3 Å². The lowest BCUT2D eigenvalue weighted by Gasteiger charge is -2.36. The number of nitrogens with one attached hydrogen (secondary N) is 3. The first kappa shape index (κ1) is 39.4. The van der Waals surface area contributed by atoms with Gasteiger partial charge in [-0.3, -0.25) is 19.1 Å². The minimum absolute atomic E-state index is 0.0101. The molecule has 3 N–H and O–H groups in total. The minimum atomic E-state index is -3.98. The summed E-state index contributed by atoms with van der Waals surface area (Å²) in [5.74, 6) is -1.69. The number of halogens is 1. The van der Waals surface area contributed by atoms with Gasteiger partial charge < -0.3 is 29.7 Å². The fraction of sp³-hybridized carbons (Fsp3) is 0.639. The van der Waals surface area contributed by atoms with Crippen molar-refractivity contribution in [1.29, 1.82) is 0 Å². The molecule has 5 rings (SSSR count). The van der Waals surface area contributed by atoms with Crippen molar-refractivity contribution in [2.75, 3.05) is 13.7 Å². The van der Waals surface area contributed by atoms with Gasteiger partial charge in [-0.05, 0) is 76.0 Å². The molecule has 2 aliphatic carbocycles. The predicted octanol–water partition coefficient (Wildman–Crippen LogP) is 4.47. The third kappa shape index (κ3) is 7.90. The second-order valence-electron chi connectivity index (χ2n) is 16.3. The highest BCUT2D eigenvalue weighted by Crippen LogP contribution is 2.48. The highest BCUT2D eigenvalue weighted by atomic mass is 35.5. The molecule has 3 fully saturated rings. The first-order chi connectivity index (χ1) is 24.1. The average molecular weight is 764 g/mol. The van der Waals surface area contributed by atoms with Gasteiger partial charge in [0.2, 0.25) is 27.7 Å². The van der Waals surface area contributed by atoms with Gasteiger partial charge in [0.05, 0.1) is 18.4 Å². The molecule has 0 unspecified atom stereocenters. The zero-order chi connectivity index (χ0) is 38.6. The standard InChI is InChI=1S/C36H50ClN5O9S/c1-10-35(14-15-35)52(47,48)41-31(45)36(18-20(36)2)40-28(43)24-16-21(50-29-22-12-11-13-25(49-9)23(22)17-26(37)38-29)19-42(24)30(44)27(33(3,4)5)39-32(46)51-34(6,7)8/h11-13,17,20-21,24,27H,10,14-16,18-19H2,1-9H3,(H,39,46)(H,40,43)(H,41,45)/t20-,21-,24+,27-,36-/m1/s1. The number of likely N-dealkylation sites (tertiary alicyclic amines) is 1. The third-order valence-corrected chi connectivity index (χ3v) is 12.7. The first-order valence-electron chi connectivity index (χ1n) is 17.5. The van der Waals surface area contributed by atoms with Crippen molar-refractivity contribution in [3.05, 3.63) is 29.4 Å². The van der Waals surface area contributed by atoms with Gasteiger partial charge in [0.25, 0.3) is 5.91 Å². The quantitative estimate of drug-likeness (QED) is 0.276. The molecule has 5 atom stereocenters. The molecule has 2 saturated carbocycles. The van der Waals surface area contributed by atoms with Crippen LogP contribution in [0.1, 0.15) is 87.5 Å². The summed E-state index contributed by atoms with van der Waals surface area (Å²) < 4.78 is 44.9. The van der Waals surface area contributed by atoms with Gasteiger partial charge in [-0.15, -0.1) is 0 Å². The number of carbonyl (C=O) groups is 4. The van der Waals surface area contributed by atoms with Crippen molar-refractivity contribution in [2.24, 2.45) is 11.3 Å². The number of fused-ring (bicyclic) bond motifs is 1.